The summed E-state index contributed by atoms with van der Waals surface area (Å²) in [5, 5.41) is 19.9. The van der Waals surface area contributed by atoms with Crippen molar-refractivity contribution >= 4 is 5.97 Å². The Hall–Kier alpha value is -1.81. The molecule has 5 unspecified atom stereocenters. The molecule has 0 spiro atoms. The van der Waals surface area contributed by atoms with E-state index in [1.54, 1.807) is 7.11 Å². The summed E-state index contributed by atoms with van der Waals surface area (Å²) in [5.41, 5.74) is 3.35. The van der Waals surface area contributed by atoms with Crippen LogP contribution in [0.2, 0.25) is 0 Å². The first-order valence-electron chi connectivity index (χ1n) is 9.22. The van der Waals surface area contributed by atoms with Gasteiger partial charge in [0.25, 0.3) is 0 Å². The Morgan fingerprint density at radius 2 is 2.16 bits per heavy atom. The van der Waals surface area contributed by atoms with E-state index in [1.165, 1.54) is 17.2 Å². The third kappa shape index (κ3) is 2.50. The number of hydrogen-bond donors (Lipinski definition) is 2. The monoisotopic (exact) mass is 342 g/mol. The molecule has 0 saturated heterocycles. The number of aliphatic hydroxyl groups is 1. The van der Waals surface area contributed by atoms with Crippen LogP contribution in [0.25, 0.3) is 0 Å². The van der Waals surface area contributed by atoms with Gasteiger partial charge in [-0.15, -0.1) is 0 Å². The van der Waals surface area contributed by atoms with Crippen LogP contribution in [-0.2, 0) is 11.2 Å². The molecule has 4 nitrogen and oxygen atoms in total. The highest BCUT2D eigenvalue weighted by Crippen LogP contribution is 2.62. The number of carboxylic acids is 1. The topological polar surface area (TPSA) is 66.8 Å². The van der Waals surface area contributed by atoms with Gasteiger partial charge in [-0.05, 0) is 78.7 Å². The standard InChI is InChI=1S/C21H26O4/c1-21-8-7-16-15-6-4-14(25-2)9-12(15)3-5-17(16)18(21)10-13(20(21)24)11-19(22)23/h4,6,9,11,16-18,20,24H,3,5,7-8,10H2,1-2H3,(H,22,23)/b13-11+. The number of aliphatic carboxylic acids is 1. The molecule has 1 aromatic carbocycles. The molecule has 0 amide bonds. The molecule has 5 atom stereocenters. The highest BCUT2D eigenvalue weighted by Gasteiger charge is 2.56. The lowest BCUT2D eigenvalue weighted by Gasteiger charge is -2.49. The lowest BCUT2D eigenvalue weighted by Crippen LogP contribution is -2.44. The first kappa shape index (κ1) is 16.6. The van der Waals surface area contributed by atoms with E-state index >= 15 is 0 Å². The third-order valence-electron chi connectivity index (χ3n) is 7.11. The van der Waals surface area contributed by atoms with E-state index in [4.69, 9.17) is 9.84 Å². The zero-order valence-corrected chi connectivity index (χ0v) is 14.9. The maximum absolute atomic E-state index is 11.1. The number of carbonyl (C=O) groups is 1. The number of rotatable bonds is 2. The fourth-order valence-electron chi connectivity index (χ4n) is 5.84. The van der Waals surface area contributed by atoms with Crippen LogP contribution in [0.15, 0.2) is 29.8 Å². The number of ether oxygens (including phenoxy) is 1. The minimum absolute atomic E-state index is 0.188. The molecule has 3 aliphatic rings. The largest absolute Gasteiger partial charge is 0.497 e. The number of hydrogen-bond acceptors (Lipinski definition) is 3. The van der Waals surface area contributed by atoms with Crippen molar-refractivity contribution in [2.75, 3.05) is 7.11 Å². The average molecular weight is 342 g/mol. The van der Waals surface area contributed by atoms with Gasteiger partial charge < -0.3 is 14.9 Å². The van der Waals surface area contributed by atoms with E-state index in [1.807, 2.05) is 6.07 Å². The number of fused-ring (bicyclic) bond motifs is 5. The van der Waals surface area contributed by atoms with Crippen molar-refractivity contribution in [1.82, 2.24) is 0 Å². The van der Waals surface area contributed by atoms with E-state index < -0.39 is 12.1 Å². The molecule has 2 saturated carbocycles. The van der Waals surface area contributed by atoms with E-state index in [9.17, 15) is 9.90 Å². The molecule has 1 aromatic rings. The van der Waals surface area contributed by atoms with E-state index in [0.717, 1.165) is 37.9 Å². The van der Waals surface area contributed by atoms with E-state index in [0.29, 0.717) is 23.3 Å². The first-order valence-corrected chi connectivity index (χ1v) is 9.22. The Bertz CT molecular complexity index is 737. The molecule has 4 rings (SSSR count). The molecule has 0 bridgehead atoms. The van der Waals surface area contributed by atoms with Gasteiger partial charge >= 0.3 is 5.97 Å². The molecular formula is C21H26O4. The minimum atomic E-state index is -0.950. The summed E-state index contributed by atoms with van der Waals surface area (Å²) in [5.74, 6) is 1.37. The first-order chi connectivity index (χ1) is 11.9. The summed E-state index contributed by atoms with van der Waals surface area (Å²) in [6.45, 7) is 2.16. The third-order valence-corrected chi connectivity index (χ3v) is 7.11. The van der Waals surface area contributed by atoms with Crippen molar-refractivity contribution in [3.05, 3.63) is 41.0 Å². The predicted molar refractivity (Wildman–Crippen MR) is 94.7 cm³/mol. The number of methoxy groups -OCH3 is 1. The summed E-state index contributed by atoms with van der Waals surface area (Å²) < 4.78 is 5.37. The maximum Gasteiger partial charge on any atom is 0.328 e. The van der Waals surface area contributed by atoms with Crippen molar-refractivity contribution in [2.24, 2.45) is 17.3 Å². The minimum Gasteiger partial charge on any atom is -0.497 e. The lowest BCUT2D eigenvalue weighted by molar-refractivity contribution is -0.131. The SMILES string of the molecule is COc1ccc2c(c1)CCC1C2CCC2(C)C(O)/C(=C/C(=O)O)CC12. The Morgan fingerprint density at radius 1 is 1.36 bits per heavy atom. The van der Waals surface area contributed by atoms with Crippen LogP contribution in [-0.4, -0.2) is 29.4 Å². The Morgan fingerprint density at radius 3 is 2.88 bits per heavy atom. The average Bonchev–Trinajstić information content (AvgIpc) is 2.85. The van der Waals surface area contributed by atoms with E-state index in [-0.39, 0.29) is 5.41 Å². The molecule has 134 valence electrons. The van der Waals surface area contributed by atoms with Gasteiger partial charge in [0, 0.05) is 11.5 Å². The summed E-state index contributed by atoms with van der Waals surface area (Å²) in [6, 6.07) is 6.43. The summed E-state index contributed by atoms with van der Waals surface area (Å²) in [6.07, 6.45) is 5.50. The Kier molecular flexibility index (Phi) is 3.91. The van der Waals surface area contributed by atoms with Crippen LogP contribution >= 0.6 is 0 Å². The van der Waals surface area contributed by atoms with Gasteiger partial charge in [0.2, 0.25) is 0 Å². The molecule has 0 radical (unpaired) electrons. The van der Waals surface area contributed by atoms with Gasteiger partial charge in [-0.2, -0.15) is 0 Å². The van der Waals surface area contributed by atoms with Crippen molar-refractivity contribution < 1.29 is 19.7 Å². The molecule has 4 heteroatoms. The molecule has 25 heavy (non-hydrogen) atoms. The van der Waals surface area contributed by atoms with Crippen LogP contribution < -0.4 is 4.74 Å². The van der Waals surface area contributed by atoms with Gasteiger partial charge in [0.1, 0.15) is 5.75 Å². The number of aryl methyl sites for hydroxylation is 1. The molecular weight excluding hydrogens is 316 g/mol. The molecule has 0 heterocycles. The maximum atomic E-state index is 11.1. The van der Waals surface area contributed by atoms with Gasteiger partial charge in [0.05, 0.1) is 13.2 Å². The second kappa shape index (κ2) is 5.87. The zero-order chi connectivity index (χ0) is 17.8. The molecule has 2 N–H and O–H groups in total. The normalized spacial score (nSPS) is 38.0. The van der Waals surface area contributed by atoms with Crippen LogP contribution in [0, 0.1) is 17.3 Å². The second-order valence-electron chi connectivity index (χ2n) is 8.19. The molecule has 2 fully saturated rings. The van der Waals surface area contributed by atoms with Gasteiger partial charge in [0.15, 0.2) is 0 Å². The van der Waals surface area contributed by atoms with E-state index in [2.05, 4.69) is 19.1 Å². The van der Waals surface area contributed by atoms with Crippen LogP contribution in [0.1, 0.15) is 49.7 Å². The fourth-order valence-corrected chi connectivity index (χ4v) is 5.84. The van der Waals surface area contributed by atoms with Crippen LogP contribution in [0.4, 0.5) is 0 Å². The Labute approximate surface area is 148 Å². The van der Waals surface area contributed by atoms with Crippen molar-refractivity contribution in [3.8, 4) is 5.75 Å². The van der Waals surface area contributed by atoms with Crippen LogP contribution in [0.5, 0.6) is 5.75 Å². The summed E-state index contributed by atoms with van der Waals surface area (Å²) in [4.78, 5) is 11.1. The predicted octanol–water partition coefficient (Wildman–Crippen LogP) is 3.53. The number of aliphatic hydroxyl groups excluding tert-OH is 1. The van der Waals surface area contributed by atoms with Crippen LogP contribution in [0.3, 0.4) is 0 Å². The number of benzene rings is 1. The number of carboxylic acid groups (broad SMARTS) is 1. The highest BCUT2D eigenvalue weighted by molar-refractivity contribution is 5.81. The molecule has 3 aliphatic carbocycles. The lowest BCUT2D eigenvalue weighted by atomic mass is 9.55. The second-order valence-corrected chi connectivity index (χ2v) is 8.19. The van der Waals surface area contributed by atoms with Gasteiger partial charge in [-0.1, -0.05) is 13.0 Å². The van der Waals surface area contributed by atoms with Gasteiger partial charge in [-0.25, -0.2) is 4.79 Å². The van der Waals surface area contributed by atoms with Crippen molar-refractivity contribution in [3.63, 3.8) is 0 Å². The quantitative estimate of drug-likeness (QED) is 0.807. The Balaban J connectivity index is 1.68. The molecule has 0 aromatic heterocycles. The smallest absolute Gasteiger partial charge is 0.328 e. The van der Waals surface area contributed by atoms with Gasteiger partial charge in [-0.3, -0.25) is 0 Å². The fraction of sp³-hybridized carbons (Fsp3) is 0.571. The summed E-state index contributed by atoms with van der Waals surface area (Å²) >= 11 is 0. The zero-order valence-electron chi connectivity index (χ0n) is 14.9. The summed E-state index contributed by atoms with van der Waals surface area (Å²) in [7, 11) is 1.70. The molecule has 0 aliphatic heterocycles. The highest BCUT2D eigenvalue weighted by atomic mass is 16.5. The van der Waals surface area contributed by atoms with Crippen molar-refractivity contribution in [1.29, 1.82) is 0 Å². The van der Waals surface area contributed by atoms with Crippen molar-refractivity contribution in [2.45, 2.75) is 51.0 Å².